The zero-order chi connectivity index (χ0) is 34.6. The Morgan fingerprint density at radius 2 is 1.69 bits per heavy atom. The van der Waals surface area contributed by atoms with Gasteiger partial charge < -0.3 is 40.3 Å². The fraction of sp³-hybridized carbons (Fsp3) is 0.583. The number of likely N-dealkylation sites (N-methyl/N-ethyl adjacent to an activating group) is 1. The van der Waals surface area contributed by atoms with E-state index in [1.54, 1.807) is 37.1 Å². The van der Waals surface area contributed by atoms with Gasteiger partial charge in [-0.25, -0.2) is 14.0 Å². The zero-order valence-corrected chi connectivity index (χ0v) is 28.7. The number of carbonyl (C=O) groups is 3. The van der Waals surface area contributed by atoms with Crippen LogP contribution < -0.4 is 20.7 Å². The number of benzene rings is 2. The standard InChI is InChI=1S/C36H52FN5O6/c1-24-21-42(25(2)23-43)34(44)31-20-30(39-35(45)38-28-11-6-5-7-12-28)17-18-32(31)48-26(3)10-8-9-19-47-33(24)22-41(4)36(46)40-29-15-13-27(37)14-16-29/h13-18,20,24-26,28,33,43H,5-12,19,21-23H2,1-4H3,(H,40,46)(H2,38,39,45)/t24-,25-,26+,33-/m1/s1. The summed E-state index contributed by atoms with van der Waals surface area (Å²) in [7, 11) is 1.66. The van der Waals surface area contributed by atoms with E-state index in [1.807, 2.05) is 13.8 Å². The maximum absolute atomic E-state index is 14.3. The number of nitrogens with one attached hydrogen (secondary N) is 3. The smallest absolute Gasteiger partial charge is 0.321 e. The Hall–Kier alpha value is -3.90. The van der Waals surface area contributed by atoms with Crippen LogP contribution in [0.4, 0.5) is 25.4 Å². The Morgan fingerprint density at radius 1 is 1.00 bits per heavy atom. The largest absolute Gasteiger partial charge is 0.490 e. The molecule has 4 atom stereocenters. The molecule has 48 heavy (non-hydrogen) atoms. The zero-order valence-electron chi connectivity index (χ0n) is 28.7. The number of hydrogen-bond acceptors (Lipinski definition) is 6. The fourth-order valence-electron chi connectivity index (χ4n) is 6.17. The molecular formula is C36H52FN5O6. The van der Waals surface area contributed by atoms with E-state index in [9.17, 15) is 23.9 Å². The molecule has 264 valence electrons. The molecule has 2 aliphatic rings. The van der Waals surface area contributed by atoms with Crippen molar-refractivity contribution in [3.63, 3.8) is 0 Å². The molecule has 12 heteroatoms. The van der Waals surface area contributed by atoms with Gasteiger partial charge in [0.2, 0.25) is 0 Å². The molecule has 0 spiro atoms. The second kappa shape index (κ2) is 18.0. The van der Waals surface area contributed by atoms with E-state index < -0.39 is 18.0 Å². The van der Waals surface area contributed by atoms with Crippen LogP contribution in [0.3, 0.4) is 0 Å². The normalized spacial score (nSPS) is 22.0. The van der Waals surface area contributed by atoms with Crippen LogP contribution in [0.15, 0.2) is 42.5 Å². The summed E-state index contributed by atoms with van der Waals surface area (Å²) in [5.41, 5.74) is 1.22. The number of anilines is 2. The molecule has 0 bridgehead atoms. The van der Waals surface area contributed by atoms with E-state index in [0.717, 1.165) is 44.9 Å². The molecule has 0 saturated heterocycles. The lowest BCUT2D eigenvalue weighted by Crippen LogP contribution is -2.48. The summed E-state index contributed by atoms with van der Waals surface area (Å²) < 4.78 is 26.0. The molecule has 2 aromatic rings. The highest BCUT2D eigenvalue weighted by atomic mass is 19.1. The van der Waals surface area contributed by atoms with Crippen LogP contribution in [0.25, 0.3) is 0 Å². The first-order chi connectivity index (χ1) is 23.0. The van der Waals surface area contributed by atoms with E-state index in [4.69, 9.17) is 9.47 Å². The molecule has 0 aromatic heterocycles. The van der Waals surface area contributed by atoms with Crippen molar-refractivity contribution in [2.45, 2.75) is 96.4 Å². The second-order valence-electron chi connectivity index (χ2n) is 13.3. The van der Waals surface area contributed by atoms with E-state index in [1.165, 1.54) is 35.6 Å². The first-order valence-electron chi connectivity index (χ1n) is 17.2. The number of carbonyl (C=O) groups excluding carboxylic acids is 3. The summed E-state index contributed by atoms with van der Waals surface area (Å²) in [4.78, 5) is 43.3. The first kappa shape index (κ1) is 36.9. The third-order valence-electron chi connectivity index (χ3n) is 9.15. The minimum Gasteiger partial charge on any atom is -0.490 e. The summed E-state index contributed by atoms with van der Waals surface area (Å²) in [5, 5.41) is 18.9. The van der Waals surface area contributed by atoms with Gasteiger partial charge in [0, 0.05) is 50.1 Å². The maximum Gasteiger partial charge on any atom is 0.321 e. The highest BCUT2D eigenvalue weighted by Crippen LogP contribution is 2.29. The SMILES string of the molecule is C[C@@H]1CN([C@H](C)CO)C(=O)c2cc(NC(=O)NC3CCCCC3)ccc2O[C@@H](C)CCCCO[C@@H]1CN(C)C(=O)Nc1ccc(F)cc1. The molecule has 4 N–H and O–H groups in total. The number of amides is 5. The summed E-state index contributed by atoms with van der Waals surface area (Å²) in [5.74, 6) is -0.565. The quantitative estimate of drug-likeness (QED) is 0.276. The average Bonchev–Trinajstić information content (AvgIpc) is 3.07. The van der Waals surface area contributed by atoms with Crippen molar-refractivity contribution in [2.24, 2.45) is 5.92 Å². The Balaban J connectivity index is 1.55. The Kier molecular flexibility index (Phi) is 13.9. The summed E-state index contributed by atoms with van der Waals surface area (Å²) in [6.45, 7) is 6.36. The fourth-order valence-corrected chi connectivity index (χ4v) is 6.17. The lowest BCUT2D eigenvalue weighted by Gasteiger charge is -2.35. The summed E-state index contributed by atoms with van der Waals surface area (Å²) >= 11 is 0. The minimum atomic E-state index is -0.538. The third kappa shape index (κ3) is 10.8. The van der Waals surface area contributed by atoms with Gasteiger partial charge in [-0.05, 0) is 88.4 Å². The molecule has 1 fully saturated rings. The molecular weight excluding hydrogens is 617 g/mol. The van der Waals surface area contributed by atoms with Crippen molar-refractivity contribution in [2.75, 3.05) is 44.0 Å². The van der Waals surface area contributed by atoms with Gasteiger partial charge in [-0.2, -0.15) is 0 Å². The molecule has 0 unspecified atom stereocenters. The van der Waals surface area contributed by atoms with Gasteiger partial charge in [0.15, 0.2) is 0 Å². The van der Waals surface area contributed by atoms with Crippen LogP contribution in [0.2, 0.25) is 0 Å². The van der Waals surface area contributed by atoms with E-state index >= 15 is 0 Å². The predicted molar refractivity (Wildman–Crippen MR) is 184 cm³/mol. The molecule has 11 nitrogen and oxygen atoms in total. The Morgan fingerprint density at radius 3 is 2.40 bits per heavy atom. The molecule has 1 aliphatic carbocycles. The van der Waals surface area contributed by atoms with Crippen LogP contribution in [0.1, 0.15) is 82.5 Å². The van der Waals surface area contributed by atoms with Gasteiger partial charge in [0.05, 0.1) is 30.4 Å². The number of halogens is 1. The van der Waals surface area contributed by atoms with Crippen molar-refractivity contribution in [3.8, 4) is 5.75 Å². The minimum absolute atomic E-state index is 0.132. The van der Waals surface area contributed by atoms with Crippen molar-refractivity contribution in [3.05, 3.63) is 53.8 Å². The van der Waals surface area contributed by atoms with E-state index in [-0.39, 0.29) is 61.3 Å². The summed E-state index contributed by atoms with van der Waals surface area (Å²) in [6.07, 6.45) is 7.01. The van der Waals surface area contributed by atoms with Crippen LogP contribution >= 0.6 is 0 Å². The number of fused-ring (bicyclic) bond motifs is 1. The van der Waals surface area contributed by atoms with Gasteiger partial charge in [0.1, 0.15) is 11.6 Å². The van der Waals surface area contributed by atoms with Crippen LogP contribution in [-0.4, -0.2) is 90.5 Å². The van der Waals surface area contributed by atoms with Crippen molar-refractivity contribution < 1.29 is 33.4 Å². The van der Waals surface area contributed by atoms with Crippen LogP contribution in [-0.2, 0) is 4.74 Å². The lowest BCUT2D eigenvalue weighted by molar-refractivity contribution is -0.0115. The van der Waals surface area contributed by atoms with Crippen LogP contribution in [0.5, 0.6) is 5.75 Å². The predicted octanol–water partition coefficient (Wildman–Crippen LogP) is 6.24. The number of ether oxygens (including phenoxy) is 2. The monoisotopic (exact) mass is 669 g/mol. The van der Waals surface area contributed by atoms with Gasteiger partial charge in [-0.15, -0.1) is 0 Å². The van der Waals surface area contributed by atoms with E-state index in [0.29, 0.717) is 23.7 Å². The second-order valence-corrected chi connectivity index (χ2v) is 13.3. The first-order valence-corrected chi connectivity index (χ1v) is 17.2. The molecule has 5 amide bonds. The Labute approximate surface area is 283 Å². The lowest BCUT2D eigenvalue weighted by atomic mass is 9.96. The van der Waals surface area contributed by atoms with Gasteiger partial charge in [0.25, 0.3) is 5.91 Å². The van der Waals surface area contributed by atoms with Crippen LogP contribution in [0, 0.1) is 11.7 Å². The molecule has 1 aliphatic heterocycles. The molecule has 0 radical (unpaired) electrons. The highest BCUT2D eigenvalue weighted by Gasteiger charge is 2.31. The van der Waals surface area contributed by atoms with Crippen molar-refractivity contribution >= 4 is 29.3 Å². The van der Waals surface area contributed by atoms with Gasteiger partial charge >= 0.3 is 12.1 Å². The maximum atomic E-state index is 14.3. The number of nitrogens with zero attached hydrogens (tertiary/aromatic N) is 2. The highest BCUT2D eigenvalue weighted by molar-refractivity contribution is 5.99. The van der Waals surface area contributed by atoms with Crippen molar-refractivity contribution in [1.82, 2.24) is 15.1 Å². The van der Waals surface area contributed by atoms with Crippen molar-refractivity contribution in [1.29, 1.82) is 0 Å². The molecule has 4 rings (SSSR count). The number of rotatable bonds is 7. The van der Waals surface area contributed by atoms with Gasteiger partial charge in [-0.1, -0.05) is 26.2 Å². The van der Waals surface area contributed by atoms with E-state index in [2.05, 4.69) is 16.0 Å². The topological polar surface area (TPSA) is 132 Å². The number of aliphatic hydroxyl groups excluding tert-OH is 1. The number of aliphatic hydroxyl groups is 1. The third-order valence-corrected chi connectivity index (χ3v) is 9.15. The Bertz CT molecular complexity index is 1350. The number of urea groups is 2. The summed E-state index contributed by atoms with van der Waals surface area (Å²) in [6, 6.07) is 9.55. The average molecular weight is 670 g/mol. The molecule has 1 heterocycles. The van der Waals surface area contributed by atoms with Gasteiger partial charge in [-0.3, -0.25) is 4.79 Å². The molecule has 2 aromatic carbocycles. The number of hydrogen-bond donors (Lipinski definition) is 4. The molecule has 1 saturated carbocycles.